The molecule has 0 spiro atoms. The fraction of sp³-hybridized carbons (Fsp3) is 0.278. The van der Waals surface area contributed by atoms with Gasteiger partial charge in [-0.15, -0.1) is 0 Å². The molecule has 4 nitrogen and oxygen atoms in total. The summed E-state index contributed by atoms with van der Waals surface area (Å²) in [5.41, 5.74) is 0.936. The van der Waals surface area contributed by atoms with E-state index in [9.17, 15) is 9.18 Å². The van der Waals surface area contributed by atoms with Gasteiger partial charge in [-0.2, -0.15) is 0 Å². The third kappa shape index (κ3) is 5.29. The van der Waals surface area contributed by atoms with Crippen LogP contribution in [0.5, 0.6) is 11.5 Å². The van der Waals surface area contributed by atoms with E-state index in [1.807, 2.05) is 12.1 Å². The van der Waals surface area contributed by atoms with E-state index in [1.165, 1.54) is 12.1 Å². The molecule has 0 N–H and O–H groups in total. The Labute approximate surface area is 134 Å². The summed E-state index contributed by atoms with van der Waals surface area (Å²) in [5, 5.41) is 0. The summed E-state index contributed by atoms with van der Waals surface area (Å²) in [4.78, 5) is 11.5. The van der Waals surface area contributed by atoms with E-state index in [-0.39, 0.29) is 5.82 Å². The average Bonchev–Trinajstić information content (AvgIpc) is 2.56. The summed E-state index contributed by atoms with van der Waals surface area (Å²) >= 11 is 0. The first-order valence-corrected chi connectivity index (χ1v) is 7.39. The normalized spacial score (nSPS) is 11.6. The van der Waals surface area contributed by atoms with Crippen LogP contribution in [-0.2, 0) is 16.1 Å². The zero-order valence-electron chi connectivity index (χ0n) is 13.1. The lowest BCUT2D eigenvalue weighted by molar-refractivity contribution is -0.150. The van der Waals surface area contributed by atoms with E-state index in [1.54, 1.807) is 38.1 Å². The topological polar surface area (TPSA) is 44.8 Å². The first-order chi connectivity index (χ1) is 11.1. The van der Waals surface area contributed by atoms with Gasteiger partial charge in [-0.25, -0.2) is 9.18 Å². The third-order valence-electron chi connectivity index (χ3n) is 3.07. The van der Waals surface area contributed by atoms with Gasteiger partial charge in [0.1, 0.15) is 23.9 Å². The molecule has 5 heteroatoms. The quantitative estimate of drug-likeness (QED) is 0.730. The predicted octanol–water partition coefficient (Wildman–Crippen LogP) is 3.74. The van der Waals surface area contributed by atoms with Crippen LogP contribution < -0.4 is 9.47 Å². The third-order valence-corrected chi connectivity index (χ3v) is 3.07. The minimum atomic E-state index is -0.656. The maximum atomic E-state index is 12.8. The highest BCUT2D eigenvalue weighted by Crippen LogP contribution is 2.17. The van der Waals surface area contributed by atoms with Crippen LogP contribution in [0, 0.1) is 5.82 Å². The van der Waals surface area contributed by atoms with Crippen molar-refractivity contribution in [2.24, 2.45) is 0 Å². The van der Waals surface area contributed by atoms with Crippen molar-refractivity contribution in [2.75, 3.05) is 6.61 Å². The zero-order valence-corrected chi connectivity index (χ0v) is 13.1. The molecule has 0 saturated heterocycles. The predicted molar refractivity (Wildman–Crippen MR) is 83.9 cm³/mol. The van der Waals surface area contributed by atoms with Gasteiger partial charge in [-0.3, -0.25) is 0 Å². The van der Waals surface area contributed by atoms with Crippen LogP contribution in [0.1, 0.15) is 19.4 Å². The largest absolute Gasteiger partial charge is 0.489 e. The zero-order chi connectivity index (χ0) is 16.7. The number of rotatable bonds is 7. The number of esters is 1. The highest BCUT2D eigenvalue weighted by molar-refractivity contribution is 5.74. The van der Waals surface area contributed by atoms with Crippen LogP contribution in [0.4, 0.5) is 4.39 Å². The second kappa shape index (κ2) is 8.17. The van der Waals surface area contributed by atoms with E-state index in [2.05, 4.69) is 0 Å². The van der Waals surface area contributed by atoms with Crippen molar-refractivity contribution in [3.05, 3.63) is 59.9 Å². The minimum Gasteiger partial charge on any atom is -0.489 e. The molecule has 0 aliphatic carbocycles. The van der Waals surface area contributed by atoms with Gasteiger partial charge in [0.15, 0.2) is 6.10 Å². The van der Waals surface area contributed by atoms with Crippen molar-refractivity contribution >= 4 is 5.97 Å². The van der Waals surface area contributed by atoms with Crippen molar-refractivity contribution in [3.63, 3.8) is 0 Å². The number of hydrogen-bond acceptors (Lipinski definition) is 4. The monoisotopic (exact) mass is 318 g/mol. The standard InChI is InChI=1S/C18H19FO4/c1-3-21-18(20)13(2)23-17-8-4-14(5-9-17)12-22-16-10-6-15(19)7-11-16/h4-11,13H,3,12H2,1-2H3. The minimum absolute atomic E-state index is 0.297. The van der Waals surface area contributed by atoms with Crippen molar-refractivity contribution in [2.45, 2.75) is 26.6 Å². The summed E-state index contributed by atoms with van der Waals surface area (Å²) in [6.45, 7) is 4.08. The molecular weight excluding hydrogens is 299 g/mol. The number of carbonyl (C=O) groups excluding carboxylic acids is 1. The number of hydrogen-bond donors (Lipinski definition) is 0. The number of benzene rings is 2. The first-order valence-electron chi connectivity index (χ1n) is 7.39. The van der Waals surface area contributed by atoms with Crippen LogP contribution in [-0.4, -0.2) is 18.7 Å². The van der Waals surface area contributed by atoms with Crippen molar-refractivity contribution in [3.8, 4) is 11.5 Å². The number of ether oxygens (including phenoxy) is 3. The van der Waals surface area contributed by atoms with E-state index in [0.717, 1.165) is 5.56 Å². The molecular formula is C18H19FO4. The van der Waals surface area contributed by atoms with Gasteiger partial charge in [0.25, 0.3) is 0 Å². The fourth-order valence-corrected chi connectivity index (χ4v) is 1.87. The van der Waals surface area contributed by atoms with Crippen LogP contribution in [0.3, 0.4) is 0 Å². The number of carbonyl (C=O) groups is 1. The van der Waals surface area contributed by atoms with Gasteiger partial charge in [-0.1, -0.05) is 12.1 Å². The summed E-state index contributed by atoms with van der Waals surface area (Å²) in [5.74, 6) is 0.490. The Balaban J connectivity index is 1.86. The van der Waals surface area contributed by atoms with Gasteiger partial charge >= 0.3 is 5.97 Å². The molecule has 0 amide bonds. The Morgan fingerprint density at radius 1 is 1.04 bits per heavy atom. The van der Waals surface area contributed by atoms with Crippen LogP contribution in [0.2, 0.25) is 0 Å². The van der Waals surface area contributed by atoms with E-state index < -0.39 is 12.1 Å². The lowest BCUT2D eigenvalue weighted by atomic mass is 10.2. The maximum absolute atomic E-state index is 12.8. The van der Waals surface area contributed by atoms with Crippen LogP contribution >= 0.6 is 0 Å². The van der Waals surface area contributed by atoms with Gasteiger partial charge in [0.05, 0.1) is 6.61 Å². The molecule has 2 rings (SSSR count). The highest BCUT2D eigenvalue weighted by Gasteiger charge is 2.15. The Bertz CT molecular complexity index is 622. The molecule has 0 aromatic heterocycles. The second-order valence-corrected chi connectivity index (χ2v) is 4.90. The molecule has 0 radical (unpaired) electrons. The molecule has 0 saturated carbocycles. The smallest absolute Gasteiger partial charge is 0.347 e. The molecule has 1 atom stereocenters. The Kier molecular flexibility index (Phi) is 5.97. The van der Waals surface area contributed by atoms with Gasteiger partial charge < -0.3 is 14.2 Å². The van der Waals surface area contributed by atoms with Crippen LogP contribution in [0.25, 0.3) is 0 Å². The Morgan fingerprint density at radius 2 is 1.65 bits per heavy atom. The summed E-state index contributed by atoms with van der Waals surface area (Å²) in [7, 11) is 0. The Morgan fingerprint density at radius 3 is 2.26 bits per heavy atom. The molecule has 1 unspecified atom stereocenters. The van der Waals surface area contributed by atoms with E-state index in [0.29, 0.717) is 24.7 Å². The molecule has 0 heterocycles. The van der Waals surface area contributed by atoms with Crippen molar-refractivity contribution in [1.82, 2.24) is 0 Å². The van der Waals surface area contributed by atoms with Gasteiger partial charge in [0.2, 0.25) is 0 Å². The summed E-state index contributed by atoms with van der Waals surface area (Å²) < 4.78 is 28.7. The molecule has 0 fully saturated rings. The molecule has 0 aliphatic rings. The highest BCUT2D eigenvalue weighted by atomic mass is 19.1. The average molecular weight is 318 g/mol. The fourth-order valence-electron chi connectivity index (χ4n) is 1.87. The molecule has 2 aromatic carbocycles. The lowest BCUT2D eigenvalue weighted by Crippen LogP contribution is -2.26. The van der Waals surface area contributed by atoms with Gasteiger partial charge in [0, 0.05) is 0 Å². The first kappa shape index (κ1) is 16.8. The van der Waals surface area contributed by atoms with Gasteiger partial charge in [-0.05, 0) is 55.8 Å². The molecule has 23 heavy (non-hydrogen) atoms. The summed E-state index contributed by atoms with van der Waals surface area (Å²) in [6.07, 6.45) is -0.656. The second-order valence-electron chi connectivity index (χ2n) is 4.90. The van der Waals surface area contributed by atoms with E-state index in [4.69, 9.17) is 14.2 Å². The Hall–Kier alpha value is -2.56. The lowest BCUT2D eigenvalue weighted by Gasteiger charge is -2.13. The van der Waals surface area contributed by atoms with Crippen molar-refractivity contribution in [1.29, 1.82) is 0 Å². The molecule has 0 bridgehead atoms. The molecule has 122 valence electrons. The SMILES string of the molecule is CCOC(=O)C(C)Oc1ccc(COc2ccc(F)cc2)cc1. The van der Waals surface area contributed by atoms with E-state index >= 15 is 0 Å². The van der Waals surface area contributed by atoms with Crippen molar-refractivity contribution < 1.29 is 23.4 Å². The van der Waals surface area contributed by atoms with Crippen LogP contribution in [0.15, 0.2) is 48.5 Å². The molecule has 0 aliphatic heterocycles. The summed E-state index contributed by atoms with van der Waals surface area (Å²) in [6, 6.07) is 13.1. The maximum Gasteiger partial charge on any atom is 0.347 e. The molecule has 2 aromatic rings. The number of halogens is 1.